The maximum atomic E-state index is 11.8. The molecule has 0 fully saturated rings. The number of pyridine rings is 1. The molecule has 1 N–H and O–H groups in total. The van der Waals surface area contributed by atoms with E-state index in [1.165, 1.54) is 6.07 Å². The lowest BCUT2D eigenvalue weighted by Gasteiger charge is -2.11. The summed E-state index contributed by atoms with van der Waals surface area (Å²) in [5, 5.41) is 11.5. The van der Waals surface area contributed by atoms with Crippen LogP contribution in [0.15, 0.2) is 12.1 Å². The van der Waals surface area contributed by atoms with Crippen LogP contribution in [-0.2, 0) is 6.42 Å². The Morgan fingerprint density at radius 1 is 1.65 bits per heavy atom. The van der Waals surface area contributed by atoms with Gasteiger partial charge in [-0.15, -0.1) is 0 Å². The number of nitrogens with zero attached hydrogens (tertiary/aromatic N) is 2. The number of rotatable bonds is 4. The van der Waals surface area contributed by atoms with Crippen molar-refractivity contribution in [2.24, 2.45) is 0 Å². The Labute approximate surface area is 106 Å². The first kappa shape index (κ1) is 13.5. The minimum absolute atomic E-state index is 0.176. The van der Waals surface area contributed by atoms with E-state index in [4.69, 9.17) is 16.9 Å². The molecule has 0 saturated carbocycles. The lowest BCUT2D eigenvalue weighted by atomic mass is 10.1. The van der Waals surface area contributed by atoms with Crippen molar-refractivity contribution in [3.63, 3.8) is 0 Å². The molecular formula is C12H14ClN3O. The molecule has 1 aromatic heterocycles. The van der Waals surface area contributed by atoms with Gasteiger partial charge in [-0.05, 0) is 25.5 Å². The second-order valence-electron chi connectivity index (χ2n) is 3.76. The summed E-state index contributed by atoms with van der Waals surface area (Å²) >= 11 is 5.83. The molecule has 1 amide bonds. The molecule has 1 rings (SSSR count). The number of hydrogen-bond donors (Lipinski definition) is 1. The predicted octanol–water partition coefficient (Wildman–Crippen LogP) is 2.33. The van der Waals surface area contributed by atoms with Crippen LogP contribution < -0.4 is 5.32 Å². The highest BCUT2D eigenvalue weighted by atomic mass is 35.5. The number of carbonyl (C=O) groups excluding carboxylic acids is 1. The minimum atomic E-state index is -0.230. The van der Waals surface area contributed by atoms with E-state index >= 15 is 0 Å². The third-order valence-corrected chi connectivity index (χ3v) is 2.44. The zero-order chi connectivity index (χ0) is 12.8. The average Bonchev–Trinajstić information content (AvgIpc) is 2.28. The van der Waals surface area contributed by atoms with E-state index in [9.17, 15) is 4.79 Å². The molecule has 0 aliphatic rings. The molecule has 0 aliphatic carbocycles. The minimum Gasteiger partial charge on any atom is -0.349 e. The Bertz CT molecular complexity index is 454. The van der Waals surface area contributed by atoms with Crippen molar-refractivity contribution in [2.45, 2.75) is 32.7 Å². The maximum absolute atomic E-state index is 11.8. The van der Waals surface area contributed by atoms with Gasteiger partial charge in [0.05, 0.1) is 12.5 Å². The molecule has 0 aromatic carbocycles. The van der Waals surface area contributed by atoms with Gasteiger partial charge in [0, 0.05) is 17.3 Å². The van der Waals surface area contributed by atoms with Gasteiger partial charge in [-0.3, -0.25) is 4.79 Å². The zero-order valence-electron chi connectivity index (χ0n) is 9.83. The van der Waals surface area contributed by atoms with Gasteiger partial charge in [0.25, 0.3) is 5.91 Å². The first-order valence-electron chi connectivity index (χ1n) is 5.41. The summed E-state index contributed by atoms with van der Waals surface area (Å²) in [7, 11) is 0. The second kappa shape index (κ2) is 6.21. The van der Waals surface area contributed by atoms with Crippen molar-refractivity contribution in [3.8, 4) is 6.07 Å². The highest BCUT2D eigenvalue weighted by Gasteiger charge is 2.11. The molecule has 0 radical (unpaired) electrons. The van der Waals surface area contributed by atoms with Gasteiger partial charge in [-0.25, -0.2) is 4.98 Å². The van der Waals surface area contributed by atoms with Crippen LogP contribution in [0.4, 0.5) is 0 Å². The number of halogens is 1. The standard InChI is InChI=1S/C12H14ClN3O/c1-3-10-6-9(7-11(13)16-10)12(17)15-8(2)4-5-14/h6-8H,3-4H2,1-2H3,(H,15,17). The fraction of sp³-hybridized carbons (Fsp3) is 0.417. The van der Waals surface area contributed by atoms with E-state index in [-0.39, 0.29) is 18.4 Å². The van der Waals surface area contributed by atoms with E-state index in [2.05, 4.69) is 10.3 Å². The van der Waals surface area contributed by atoms with Crippen LogP contribution >= 0.6 is 11.6 Å². The lowest BCUT2D eigenvalue weighted by Crippen LogP contribution is -2.32. The molecule has 0 aliphatic heterocycles. The van der Waals surface area contributed by atoms with Gasteiger partial charge >= 0.3 is 0 Å². The van der Waals surface area contributed by atoms with Gasteiger partial charge in [0.15, 0.2) is 0 Å². The molecule has 17 heavy (non-hydrogen) atoms. The highest BCUT2D eigenvalue weighted by Crippen LogP contribution is 2.11. The summed E-state index contributed by atoms with van der Waals surface area (Å²) in [6.07, 6.45) is 1.000. The van der Waals surface area contributed by atoms with E-state index < -0.39 is 0 Å². The molecule has 1 atom stereocenters. The van der Waals surface area contributed by atoms with E-state index in [0.717, 1.165) is 5.69 Å². The van der Waals surface area contributed by atoms with E-state index in [1.807, 2.05) is 13.0 Å². The van der Waals surface area contributed by atoms with Crippen molar-refractivity contribution in [1.29, 1.82) is 5.26 Å². The fourth-order valence-electron chi connectivity index (χ4n) is 1.36. The lowest BCUT2D eigenvalue weighted by molar-refractivity contribution is 0.0940. The zero-order valence-corrected chi connectivity index (χ0v) is 10.6. The molecule has 1 heterocycles. The Morgan fingerprint density at radius 3 is 2.94 bits per heavy atom. The summed E-state index contributed by atoms with van der Waals surface area (Å²) < 4.78 is 0. The topological polar surface area (TPSA) is 65.8 Å². The van der Waals surface area contributed by atoms with Gasteiger partial charge in [0.1, 0.15) is 5.15 Å². The Kier molecular flexibility index (Phi) is 4.92. The molecule has 0 spiro atoms. The number of amides is 1. The number of nitrogens with one attached hydrogen (secondary N) is 1. The Balaban J connectivity index is 2.82. The van der Waals surface area contributed by atoms with Crippen molar-refractivity contribution in [2.75, 3.05) is 0 Å². The fourth-order valence-corrected chi connectivity index (χ4v) is 1.58. The second-order valence-corrected chi connectivity index (χ2v) is 4.15. The molecule has 5 heteroatoms. The summed E-state index contributed by atoms with van der Waals surface area (Å²) in [5.41, 5.74) is 1.25. The smallest absolute Gasteiger partial charge is 0.251 e. The SMILES string of the molecule is CCc1cc(C(=O)NC(C)CC#N)cc(Cl)n1. The van der Waals surface area contributed by atoms with Crippen LogP contribution in [-0.4, -0.2) is 16.9 Å². The molecule has 1 aromatic rings. The van der Waals surface area contributed by atoms with Crippen molar-refractivity contribution in [1.82, 2.24) is 10.3 Å². The first-order chi connectivity index (χ1) is 8.06. The van der Waals surface area contributed by atoms with Crippen LogP contribution in [0.3, 0.4) is 0 Å². The van der Waals surface area contributed by atoms with Crippen LogP contribution in [0.1, 0.15) is 36.3 Å². The number of hydrogen-bond acceptors (Lipinski definition) is 3. The monoisotopic (exact) mass is 251 g/mol. The maximum Gasteiger partial charge on any atom is 0.251 e. The quantitative estimate of drug-likeness (QED) is 0.836. The number of carbonyl (C=O) groups is 1. The molecule has 4 nitrogen and oxygen atoms in total. The van der Waals surface area contributed by atoms with E-state index in [0.29, 0.717) is 17.1 Å². The van der Waals surface area contributed by atoms with Gasteiger partial charge in [-0.2, -0.15) is 5.26 Å². The van der Waals surface area contributed by atoms with Crippen molar-refractivity contribution >= 4 is 17.5 Å². The molecule has 0 bridgehead atoms. The molecular weight excluding hydrogens is 238 g/mol. The highest BCUT2D eigenvalue weighted by molar-refractivity contribution is 6.29. The number of aromatic nitrogens is 1. The molecule has 0 saturated heterocycles. The average molecular weight is 252 g/mol. The predicted molar refractivity (Wildman–Crippen MR) is 65.8 cm³/mol. The third kappa shape index (κ3) is 4.04. The summed E-state index contributed by atoms with van der Waals surface area (Å²) in [6.45, 7) is 3.73. The first-order valence-corrected chi connectivity index (χ1v) is 5.79. The third-order valence-electron chi connectivity index (χ3n) is 2.25. The largest absolute Gasteiger partial charge is 0.349 e. The molecule has 1 unspecified atom stereocenters. The van der Waals surface area contributed by atoms with Crippen LogP contribution in [0.25, 0.3) is 0 Å². The van der Waals surface area contributed by atoms with Gasteiger partial charge < -0.3 is 5.32 Å². The number of aryl methyl sites for hydroxylation is 1. The van der Waals surface area contributed by atoms with Crippen LogP contribution in [0, 0.1) is 11.3 Å². The summed E-state index contributed by atoms with van der Waals surface area (Å²) in [6, 6.07) is 5.06. The Hall–Kier alpha value is -1.60. The van der Waals surface area contributed by atoms with Crippen LogP contribution in [0.2, 0.25) is 5.15 Å². The van der Waals surface area contributed by atoms with Crippen LogP contribution in [0.5, 0.6) is 0 Å². The Morgan fingerprint density at radius 2 is 2.35 bits per heavy atom. The van der Waals surface area contributed by atoms with Crippen molar-refractivity contribution in [3.05, 3.63) is 28.5 Å². The summed E-state index contributed by atoms with van der Waals surface area (Å²) in [4.78, 5) is 15.9. The van der Waals surface area contributed by atoms with E-state index in [1.54, 1.807) is 13.0 Å². The van der Waals surface area contributed by atoms with Gasteiger partial charge in [0.2, 0.25) is 0 Å². The number of nitriles is 1. The normalized spacial score (nSPS) is 11.6. The molecule has 90 valence electrons. The van der Waals surface area contributed by atoms with Gasteiger partial charge in [-0.1, -0.05) is 18.5 Å². The summed E-state index contributed by atoms with van der Waals surface area (Å²) in [5.74, 6) is -0.230. The van der Waals surface area contributed by atoms with Crippen molar-refractivity contribution < 1.29 is 4.79 Å².